The van der Waals surface area contributed by atoms with Gasteiger partial charge in [0.25, 0.3) is 5.84 Å². The quantitative estimate of drug-likeness (QED) is 0.454. The largest absolute Gasteiger partial charge is 0.597 e. The van der Waals surface area contributed by atoms with Crippen molar-refractivity contribution in [2.75, 3.05) is 19.8 Å². The van der Waals surface area contributed by atoms with Crippen LogP contribution in [0.5, 0.6) is 0 Å². The number of hydrogen-bond acceptors (Lipinski definition) is 5. The predicted molar refractivity (Wildman–Crippen MR) is 56.4 cm³/mol. The summed E-state index contributed by atoms with van der Waals surface area (Å²) in [7, 11) is 0. The molecule has 1 atom stereocenters. The summed E-state index contributed by atoms with van der Waals surface area (Å²) >= 11 is 0. The van der Waals surface area contributed by atoms with E-state index in [1.807, 2.05) is 6.08 Å². The standard InChI is InChI=1S/C9H13N5O/c15-14-7-10-11-9(14)4-3-8(12-14)13-5-1-2-6-13/h3-4,10H,1-2,5-7H2. The van der Waals surface area contributed by atoms with E-state index in [4.69, 9.17) is 0 Å². The molecule has 3 aliphatic rings. The van der Waals surface area contributed by atoms with Crippen LogP contribution in [0.25, 0.3) is 0 Å². The fourth-order valence-corrected chi connectivity index (χ4v) is 2.07. The number of nitrogens with one attached hydrogen (secondary N) is 1. The molecule has 0 amide bonds. The molecule has 0 aromatic heterocycles. The second kappa shape index (κ2) is 3.04. The number of hydrogen-bond donors (Lipinski definition) is 1. The highest BCUT2D eigenvalue weighted by molar-refractivity contribution is 6.02. The van der Waals surface area contributed by atoms with Crippen LogP contribution in [0.4, 0.5) is 0 Å². The van der Waals surface area contributed by atoms with E-state index in [9.17, 15) is 5.21 Å². The molecule has 0 aromatic carbocycles. The van der Waals surface area contributed by atoms with E-state index < -0.39 is 4.76 Å². The Morgan fingerprint density at radius 2 is 2.13 bits per heavy atom. The van der Waals surface area contributed by atoms with Gasteiger partial charge in [0.15, 0.2) is 12.5 Å². The van der Waals surface area contributed by atoms with Crippen molar-refractivity contribution in [2.45, 2.75) is 12.8 Å². The molecular formula is C9H13N5O. The first kappa shape index (κ1) is 8.87. The van der Waals surface area contributed by atoms with Gasteiger partial charge in [-0.05, 0) is 18.9 Å². The number of fused-ring (bicyclic) bond motifs is 1. The second-order valence-corrected chi connectivity index (χ2v) is 3.97. The highest BCUT2D eigenvalue weighted by Crippen LogP contribution is 2.20. The maximum absolute atomic E-state index is 12.1. The van der Waals surface area contributed by atoms with Gasteiger partial charge in [0.2, 0.25) is 0 Å². The van der Waals surface area contributed by atoms with E-state index in [0.29, 0.717) is 5.84 Å². The number of nitrogens with zero attached hydrogens (tertiary/aromatic N) is 4. The van der Waals surface area contributed by atoms with Crippen molar-refractivity contribution in [1.82, 2.24) is 10.3 Å². The molecule has 0 bridgehead atoms. The lowest BCUT2D eigenvalue weighted by atomic mass is 10.3. The van der Waals surface area contributed by atoms with Crippen molar-refractivity contribution in [3.05, 3.63) is 17.4 Å². The minimum absolute atomic E-state index is 0.205. The molecule has 15 heavy (non-hydrogen) atoms. The van der Waals surface area contributed by atoms with Crippen molar-refractivity contribution in [2.24, 2.45) is 10.2 Å². The number of rotatable bonds is 0. The average Bonchev–Trinajstić information content (AvgIpc) is 2.83. The van der Waals surface area contributed by atoms with Crippen LogP contribution in [0.2, 0.25) is 0 Å². The lowest BCUT2D eigenvalue weighted by Gasteiger charge is -2.33. The van der Waals surface area contributed by atoms with Crippen LogP contribution in [-0.4, -0.2) is 41.1 Å². The van der Waals surface area contributed by atoms with Crippen LogP contribution < -0.4 is 5.43 Å². The van der Waals surface area contributed by atoms with Gasteiger partial charge in [0.1, 0.15) is 0 Å². The van der Waals surface area contributed by atoms with Gasteiger partial charge < -0.3 is 10.1 Å². The van der Waals surface area contributed by atoms with Crippen molar-refractivity contribution in [3.8, 4) is 0 Å². The topological polar surface area (TPSA) is 63.0 Å². The van der Waals surface area contributed by atoms with Crippen LogP contribution in [0.1, 0.15) is 12.8 Å². The van der Waals surface area contributed by atoms with Crippen LogP contribution >= 0.6 is 0 Å². The van der Waals surface area contributed by atoms with Crippen LogP contribution in [-0.2, 0) is 0 Å². The third-order valence-electron chi connectivity index (χ3n) is 2.91. The molecule has 3 aliphatic heterocycles. The van der Waals surface area contributed by atoms with Gasteiger partial charge in [-0.1, -0.05) is 5.10 Å². The summed E-state index contributed by atoms with van der Waals surface area (Å²) in [5, 5.41) is 20.2. The summed E-state index contributed by atoms with van der Waals surface area (Å²) in [6, 6.07) is 0. The average molecular weight is 207 g/mol. The smallest absolute Gasteiger partial charge is 0.272 e. The van der Waals surface area contributed by atoms with Crippen LogP contribution in [0.15, 0.2) is 22.4 Å². The first-order chi connectivity index (χ1) is 7.28. The molecule has 0 spiro atoms. The first-order valence-corrected chi connectivity index (χ1v) is 5.21. The normalized spacial score (nSPS) is 33.5. The molecule has 0 saturated carbocycles. The van der Waals surface area contributed by atoms with E-state index in [-0.39, 0.29) is 6.67 Å². The van der Waals surface area contributed by atoms with Crippen LogP contribution in [0.3, 0.4) is 0 Å². The molecule has 0 radical (unpaired) electrons. The summed E-state index contributed by atoms with van der Waals surface area (Å²) in [6.07, 6.45) is 6.01. The Morgan fingerprint density at radius 3 is 2.93 bits per heavy atom. The third-order valence-corrected chi connectivity index (χ3v) is 2.91. The molecule has 1 unspecified atom stereocenters. The van der Waals surface area contributed by atoms with Gasteiger partial charge in [-0.2, -0.15) is 4.76 Å². The molecule has 6 nitrogen and oxygen atoms in total. The Kier molecular flexibility index (Phi) is 1.80. The lowest BCUT2D eigenvalue weighted by Crippen LogP contribution is -2.45. The second-order valence-electron chi connectivity index (χ2n) is 3.97. The predicted octanol–water partition coefficient (Wildman–Crippen LogP) is 0.154. The Morgan fingerprint density at radius 1 is 1.33 bits per heavy atom. The van der Waals surface area contributed by atoms with Crippen molar-refractivity contribution in [1.29, 1.82) is 0 Å². The monoisotopic (exact) mass is 207 g/mol. The molecular weight excluding hydrogens is 194 g/mol. The fraction of sp³-hybridized carbons (Fsp3) is 0.556. The third kappa shape index (κ3) is 1.33. The molecule has 1 saturated heterocycles. The minimum atomic E-state index is -0.706. The number of amidine groups is 2. The Hall–Kier alpha value is -1.40. The lowest BCUT2D eigenvalue weighted by molar-refractivity contribution is -0.792. The van der Waals surface area contributed by atoms with E-state index in [2.05, 4.69) is 20.5 Å². The fourth-order valence-electron chi connectivity index (χ4n) is 2.07. The highest BCUT2D eigenvalue weighted by atomic mass is 16.6. The molecule has 3 heterocycles. The number of likely N-dealkylation sites (tertiary alicyclic amines) is 1. The van der Waals surface area contributed by atoms with E-state index in [1.165, 1.54) is 12.8 Å². The van der Waals surface area contributed by atoms with Gasteiger partial charge in [-0.3, -0.25) is 5.43 Å². The van der Waals surface area contributed by atoms with Crippen molar-refractivity contribution < 1.29 is 4.76 Å². The minimum Gasteiger partial charge on any atom is -0.597 e. The first-order valence-electron chi connectivity index (χ1n) is 5.21. The zero-order valence-electron chi connectivity index (χ0n) is 8.39. The molecule has 0 aliphatic carbocycles. The zero-order valence-corrected chi connectivity index (χ0v) is 8.39. The zero-order chi connectivity index (χ0) is 10.3. The summed E-state index contributed by atoms with van der Waals surface area (Å²) in [6.45, 7) is 2.21. The summed E-state index contributed by atoms with van der Waals surface area (Å²) in [5.74, 6) is 1.24. The molecule has 0 aromatic rings. The summed E-state index contributed by atoms with van der Waals surface area (Å²) in [4.78, 5) is 2.16. The van der Waals surface area contributed by atoms with Gasteiger partial charge in [0.05, 0.1) is 0 Å². The van der Waals surface area contributed by atoms with Crippen molar-refractivity contribution >= 4 is 11.7 Å². The van der Waals surface area contributed by atoms with Crippen molar-refractivity contribution in [3.63, 3.8) is 0 Å². The van der Waals surface area contributed by atoms with Gasteiger partial charge in [-0.25, -0.2) is 0 Å². The SMILES string of the molecule is [O-][N+]12CNN=C1C=CC(N1CCCC1)=N2. The molecule has 1 fully saturated rings. The molecule has 1 N–H and O–H groups in total. The number of hydroxylamine groups is 2. The van der Waals surface area contributed by atoms with E-state index >= 15 is 0 Å². The maximum Gasteiger partial charge on any atom is 0.272 e. The molecule has 80 valence electrons. The molecule has 6 heteroatoms. The van der Waals surface area contributed by atoms with Crippen LogP contribution in [0, 0.1) is 5.21 Å². The Bertz CT molecular complexity index is 369. The van der Waals surface area contributed by atoms with Gasteiger partial charge >= 0.3 is 0 Å². The summed E-state index contributed by atoms with van der Waals surface area (Å²) in [5.41, 5.74) is 2.69. The van der Waals surface area contributed by atoms with Gasteiger partial charge in [-0.15, -0.1) is 5.10 Å². The summed E-state index contributed by atoms with van der Waals surface area (Å²) < 4.78 is -0.706. The number of hydrazone groups is 1. The molecule has 3 rings (SSSR count). The maximum atomic E-state index is 12.1. The highest BCUT2D eigenvalue weighted by Gasteiger charge is 2.33. The number of quaternary nitrogens is 1. The van der Waals surface area contributed by atoms with Gasteiger partial charge in [0, 0.05) is 19.2 Å². The van der Waals surface area contributed by atoms with E-state index in [1.54, 1.807) is 6.08 Å². The van der Waals surface area contributed by atoms with E-state index in [0.717, 1.165) is 18.9 Å². The Balaban J connectivity index is 1.89. The Labute approximate surface area is 87.7 Å².